The molecule has 152 valence electrons. The first kappa shape index (κ1) is 19.6. The fourth-order valence-corrected chi connectivity index (χ4v) is 5.02. The molecule has 1 unspecified atom stereocenters. The monoisotopic (exact) mass is 412 g/mol. The standard InChI is InChI=1S/C21H24N4O3S/c1-29(27,28)14-17-8-9-24(13-17)21(26)18-11-19-20(22-12-18)25(15-23-19)10-7-16-5-3-2-4-6-16/h2-6,11-12,15,17H,7-10,13-14H2,1H3. The molecule has 7 nitrogen and oxygen atoms in total. The SMILES string of the molecule is CS(=O)(=O)CC1CCN(C(=O)c2cnc3c(c2)ncn3CCc2ccccc2)C1. The molecule has 4 rings (SSSR count). The second kappa shape index (κ2) is 7.94. The van der Waals surface area contributed by atoms with Crippen molar-refractivity contribution in [1.82, 2.24) is 19.4 Å². The molecule has 1 aromatic carbocycles. The van der Waals surface area contributed by atoms with Crippen LogP contribution in [0.1, 0.15) is 22.3 Å². The number of aryl methyl sites for hydroxylation is 2. The molecule has 8 heteroatoms. The van der Waals surface area contributed by atoms with E-state index in [1.165, 1.54) is 11.8 Å². The summed E-state index contributed by atoms with van der Waals surface area (Å²) in [4.78, 5) is 23.4. The highest BCUT2D eigenvalue weighted by Gasteiger charge is 2.29. The van der Waals surface area contributed by atoms with Gasteiger partial charge in [-0.1, -0.05) is 30.3 Å². The van der Waals surface area contributed by atoms with Gasteiger partial charge < -0.3 is 9.47 Å². The van der Waals surface area contributed by atoms with Crippen LogP contribution in [-0.4, -0.2) is 58.9 Å². The van der Waals surface area contributed by atoms with Gasteiger partial charge in [-0.3, -0.25) is 4.79 Å². The van der Waals surface area contributed by atoms with E-state index in [9.17, 15) is 13.2 Å². The molecule has 1 aliphatic heterocycles. The van der Waals surface area contributed by atoms with E-state index in [1.807, 2.05) is 22.8 Å². The van der Waals surface area contributed by atoms with Gasteiger partial charge in [-0.15, -0.1) is 0 Å². The van der Waals surface area contributed by atoms with Gasteiger partial charge in [0.1, 0.15) is 15.4 Å². The fourth-order valence-electron chi connectivity index (χ4n) is 3.89. The normalized spacial score (nSPS) is 17.1. The van der Waals surface area contributed by atoms with E-state index in [2.05, 4.69) is 22.1 Å². The summed E-state index contributed by atoms with van der Waals surface area (Å²) in [6.45, 7) is 1.80. The molecule has 3 aromatic rings. The number of rotatable bonds is 6. The van der Waals surface area contributed by atoms with E-state index in [-0.39, 0.29) is 17.6 Å². The Balaban J connectivity index is 1.45. The Labute approximate surface area is 170 Å². The Morgan fingerprint density at radius 3 is 2.76 bits per heavy atom. The minimum atomic E-state index is -3.04. The van der Waals surface area contributed by atoms with Crippen LogP contribution in [0.5, 0.6) is 0 Å². The maximum Gasteiger partial charge on any atom is 0.255 e. The maximum atomic E-state index is 12.8. The minimum absolute atomic E-state index is 0.00263. The topological polar surface area (TPSA) is 85.2 Å². The molecular formula is C21H24N4O3S. The van der Waals surface area contributed by atoms with Crippen molar-refractivity contribution in [2.24, 2.45) is 5.92 Å². The van der Waals surface area contributed by atoms with Crippen LogP contribution < -0.4 is 0 Å². The third-order valence-corrected chi connectivity index (χ3v) is 6.38. The van der Waals surface area contributed by atoms with Crippen molar-refractivity contribution >= 4 is 26.9 Å². The predicted molar refractivity (Wildman–Crippen MR) is 111 cm³/mol. The van der Waals surface area contributed by atoms with Gasteiger partial charge in [0, 0.05) is 32.1 Å². The van der Waals surface area contributed by atoms with Crippen LogP contribution in [0, 0.1) is 5.92 Å². The largest absolute Gasteiger partial charge is 0.338 e. The van der Waals surface area contributed by atoms with Crippen LogP contribution in [0.2, 0.25) is 0 Å². The molecule has 1 amide bonds. The number of hydrogen-bond acceptors (Lipinski definition) is 5. The van der Waals surface area contributed by atoms with Gasteiger partial charge in [0.25, 0.3) is 5.91 Å². The van der Waals surface area contributed by atoms with Crippen LogP contribution in [0.3, 0.4) is 0 Å². The van der Waals surface area contributed by atoms with Gasteiger partial charge in [0.05, 0.1) is 17.6 Å². The summed E-state index contributed by atoms with van der Waals surface area (Å²) in [5.41, 5.74) is 3.19. The second-order valence-electron chi connectivity index (χ2n) is 7.74. The lowest BCUT2D eigenvalue weighted by Gasteiger charge is -2.16. The molecule has 0 spiro atoms. The number of carbonyl (C=O) groups excluding carboxylic acids is 1. The summed E-state index contributed by atoms with van der Waals surface area (Å²) in [6.07, 6.45) is 6.18. The Morgan fingerprint density at radius 1 is 1.21 bits per heavy atom. The molecule has 2 aromatic heterocycles. The molecule has 29 heavy (non-hydrogen) atoms. The number of nitrogens with zero attached hydrogens (tertiary/aromatic N) is 4. The Hall–Kier alpha value is -2.74. The average molecular weight is 413 g/mol. The molecule has 0 radical (unpaired) electrons. The number of carbonyl (C=O) groups is 1. The lowest BCUT2D eigenvalue weighted by Crippen LogP contribution is -2.29. The summed E-state index contributed by atoms with van der Waals surface area (Å²) < 4.78 is 25.0. The highest BCUT2D eigenvalue weighted by atomic mass is 32.2. The average Bonchev–Trinajstić information content (AvgIpc) is 3.31. The number of amides is 1. The van der Waals surface area contributed by atoms with E-state index in [1.54, 1.807) is 23.5 Å². The third-order valence-electron chi connectivity index (χ3n) is 5.30. The number of likely N-dealkylation sites (tertiary alicyclic amines) is 1. The summed E-state index contributed by atoms with van der Waals surface area (Å²) in [5, 5.41) is 0. The van der Waals surface area contributed by atoms with Gasteiger partial charge in [-0.2, -0.15) is 0 Å². The number of hydrogen-bond donors (Lipinski definition) is 0. The third kappa shape index (κ3) is 4.64. The summed E-state index contributed by atoms with van der Waals surface area (Å²) in [6, 6.07) is 12.0. The summed E-state index contributed by atoms with van der Waals surface area (Å²) in [7, 11) is -3.04. The van der Waals surface area contributed by atoms with Gasteiger partial charge >= 0.3 is 0 Å². The number of aromatic nitrogens is 3. The minimum Gasteiger partial charge on any atom is -0.338 e. The van der Waals surface area contributed by atoms with Gasteiger partial charge in [-0.25, -0.2) is 18.4 Å². The zero-order valence-corrected chi connectivity index (χ0v) is 17.2. The Morgan fingerprint density at radius 2 is 2.00 bits per heavy atom. The van der Waals surface area contributed by atoms with E-state index < -0.39 is 9.84 Å². The molecule has 0 saturated carbocycles. The predicted octanol–water partition coefficient (Wildman–Crippen LogP) is 2.18. The zero-order chi connectivity index (χ0) is 20.4. The lowest BCUT2D eigenvalue weighted by molar-refractivity contribution is 0.0788. The fraction of sp³-hybridized carbons (Fsp3) is 0.381. The van der Waals surface area contributed by atoms with Crippen molar-refractivity contribution < 1.29 is 13.2 Å². The molecular weight excluding hydrogens is 388 g/mol. The summed E-state index contributed by atoms with van der Waals surface area (Å²) in [5.74, 6) is 0.0111. The van der Waals surface area contributed by atoms with Crippen LogP contribution in [0.25, 0.3) is 11.2 Å². The molecule has 0 bridgehead atoms. The second-order valence-corrected chi connectivity index (χ2v) is 9.92. The van der Waals surface area contributed by atoms with Crippen LogP contribution in [0.15, 0.2) is 48.9 Å². The van der Waals surface area contributed by atoms with E-state index in [0.717, 1.165) is 18.6 Å². The van der Waals surface area contributed by atoms with E-state index in [0.29, 0.717) is 30.6 Å². The molecule has 0 aliphatic carbocycles. The molecule has 1 aliphatic rings. The molecule has 1 atom stereocenters. The molecule has 1 fully saturated rings. The first-order valence-electron chi connectivity index (χ1n) is 9.71. The van der Waals surface area contributed by atoms with Crippen molar-refractivity contribution in [2.45, 2.75) is 19.4 Å². The van der Waals surface area contributed by atoms with Crippen molar-refractivity contribution in [3.05, 3.63) is 60.0 Å². The van der Waals surface area contributed by atoms with Gasteiger partial charge in [0.2, 0.25) is 0 Å². The van der Waals surface area contributed by atoms with Crippen molar-refractivity contribution in [3.63, 3.8) is 0 Å². The van der Waals surface area contributed by atoms with Crippen molar-refractivity contribution in [3.8, 4) is 0 Å². The van der Waals surface area contributed by atoms with Gasteiger partial charge in [-0.05, 0) is 30.4 Å². The lowest BCUT2D eigenvalue weighted by atomic mass is 10.1. The first-order valence-corrected chi connectivity index (χ1v) is 11.8. The number of imidazole rings is 1. The van der Waals surface area contributed by atoms with Gasteiger partial charge in [0.15, 0.2) is 5.65 Å². The van der Waals surface area contributed by atoms with Crippen molar-refractivity contribution in [2.75, 3.05) is 25.1 Å². The van der Waals surface area contributed by atoms with E-state index in [4.69, 9.17) is 0 Å². The van der Waals surface area contributed by atoms with Crippen LogP contribution in [-0.2, 0) is 22.8 Å². The quantitative estimate of drug-likeness (QED) is 0.620. The van der Waals surface area contributed by atoms with Crippen molar-refractivity contribution in [1.29, 1.82) is 0 Å². The highest BCUT2D eigenvalue weighted by molar-refractivity contribution is 7.90. The maximum absolute atomic E-state index is 12.8. The number of benzene rings is 1. The van der Waals surface area contributed by atoms with E-state index >= 15 is 0 Å². The molecule has 1 saturated heterocycles. The Bertz CT molecular complexity index is 1130. The summed E-state index contributed by atoms with van der Waals surface area (Å²) >= 11 is 0. The van der Waals surface area contributed by atoms with Crippen LogP contribution in [0.4, 0.5) is 0 Å². The highest BCUT2D eigenvalue weighted by Crippen LogP contribution is 2.21. The van der Waals surface area contributed by atoms with Crippen LogP contribution >= 0.6 is 0 Å². The number of pyridine rings is 1. The molecule has 3 heterocycles. The smallest absolute Gasteiger partial charge is 0.255 e. The number of sulfone groups is 1. The first-order chi connectivity index (χ1) is 13.9. The Kier molecular flexibility index (Phi) is 5.36. The number of fused-ring (bicyclic) bond motifs is 1. The zero-order valence-electron chi connectivity index (χ0n) is 16.4. The molecule has 0 N–H and O–H groups in total.